The zero-order chi connectivity index (χ0) is 12.9. The Morgan fingerprint density at radius 3 is 2.76 bits per heavy atom. The van der Waals surface area contributed by atoms with Crippen molar-refractivity contribution in [2.24, 2.45) is 0 Å². The molecule has 0 unspecified atom stereocenters. The first kappa shape index (κ1) is 13.8. The third-order valence-electron chi connectivity index (χ3n) is 2.35. The zero-order valence-corrected chi connectivity index (χ0v) is 11.4. The highest BCUT2D eigenvalue weighted by atomic mass is 32.2. The van der Waals surface area contributed by atoms with Gasteiger partial charge in [0.15, 0.2) is 0 Å². The molecule has 0 spiro atoms. The third kappa shape index (κ3) is 4.22. The van der Waals surface area contributed by atoms with Crippen molar-refractivity contribution in [1.82, 2.24) is 15.3 Å². The molecule has 5 nitrogen and oxygen atoms in total. The van der Waals surface area contributed by atoms with Crippen LogP contribution in [-0.4, -0.2) is 40.5 Å². The predicted octanol–water partition coefficient (Wildman–Crippen LogP) is 1.39. The number of aromatic nitrogens is 2. The van der Waals surface area contributed by atoms with E-state index in [0.29, 0.717) is 18.1 Å². The molecule has 0 saturated heterocycles. The van der Waals surface area contributed by atoms with Gasteiger partial charge in [0.05, 0.1) is 12.4 Å². The molecule has 1 aromatic heterocycles. The van der Waals surface area contributed by atoms with Crippen LogP contribution in [0.5, 0.6) is 0 Å². The number of carbonyl (C=O) groups is 1. The lowest BCUT2D eigenvalue weighted by Gasteiger charge is -2.21. The van der Waals surface area contributed by atoms with Crippen molar-refractivity contribution in [3.05, 3.63) is 18.1 Å². The summed E-state index contributed by atoms with van der Waals surface area (Å²) in [5, 5.41) is 5.70. The van der Waals surface area contributed by atoms with Gasteiger partial charge in [0, 0.05) is 18.3 Å². The van der Waals surface area contributed by atoms with Crippen molar-refractivity contribution in [1.29, 1.82) is 0 Å². The third-order valence-corrected chi connectivity index (χ3v) is 3.60. The first-order valence-corrected chi connectivity index (χ1v) is 6.54. The number of hydrogen-bond acceptors (Lipinski definition) is 5. The quantitative estimate of drug-likeness (QED) is 0.831. The minimum Gasteiger partial charge on any atom is -0.372 e. The smallest absolute Gasteiger partial charge is 0.271 e. The Kier molecular flexibility index (Phi) is 4.74. The number of rotatable bonds is 5. The maximum atomic E-state index is 11.8. The van der Waals surface area contributed by atoms with E-state index in [9.17, 15) is 4.79 Å². The molecule has 0 aliphatic carbocycles. The van der Waals surface area contributed by atoms with Crippen molar-refractivity contribution < 1.29 is 4.79 Å². The van der Waals surface area contributed by atoms with E-state index in [2.05, 4.69) is 34.4 Å². The average molecular weight is 254 g/mol. The van der Waals surface area contributed by atoms with Crippen molar-refractivity contribution in [3.63, 3.8) is 0 Å². The standard InChI is InChI=1S/C11H18N4OS/c1-11(2,17-4)7-14-10(16)8-5-13-6-9(12-3)15-8/h5-6H,7H2,1-4H3,(H,12,15)(H,14,16). The maximum Gasteiger partial charge on any atom is 0.271 e. The van der Waals surface area contributed by atoms with Gasteiger partial charge in [-0.3, -0.25) is 9.78 Å². The Morgan fingerprint density at radius 2 is 2.18 bits per heavy atom. The number of amides is 1. The van der Waals surface area contributed by atoms with Crippen LogP contribution in [0.1, 0.15) is 24.3 Å². The van der Waals surface area contributed by atoms with Gasteiger partial charge in [0.2, 0.25) is 0 Å². The van der Waals surface area contributed by atoms with Crippen LogP contribution in [0, 0.1) is 0 Å². The Morgan fingerprint density at radius 1 is 1.47 bits per heavy atom. The summed E-state index contributed by atoms with van der Waals surface area (Å²) >= 11 is 1.71. The van der Waals surface area contributed by atoms with Crippen molar-refractivity contribution >= 4 is 23.5 Å². The molecule has 2 N–H and O–H groups in total. The molecule has 0 bridgehead atoms. The Hall–Kier alpha value is -1.30. The van der Waals surface area contributed by atoms with Crippen LogP contribution in [0.15, 0.2) is 12.4 Å². The van der Waals surface area contributed by atoms with E-state index in [1.807, 2.05) is 6.26 Å². The van der Waals surface area contributed by atoms with Gasteiger partial charge in [-0.15, -0.1) is 0 Å². The van der Waals surface area contributed by atoms with Crippen LogP contribution < -0.4 is 10.6 Å². The van der Waals surface area contributed by atoms with E-state index >= 15 is 0 Å². The number of nitrogens with one attached hydrogen (secondary N) is 2. The molecule has 1 amide bonds. The fraction of sp³-hybridized carbons (Fsp3) is 0.545. The SMILES string of the molecule is CNc1cncc(C(=O)NCC(C)(C)SC)n1. The normalized spacial score (nSPS) is 11.1. The number of nitrogens with zero attached hydrogens (tertiary/aromatic N) is 2. The van der Waals surface area contributed by atoms with Gasteiger partial charge in [-0.2, -0.15) is 11.8 Å². The summed E-state index contributed by atoms with van der Waals surface area (Å²) < 4.78 is 0.0176. The van der Waals surface area contributed by atoms with Gasteiger partial charge in [0.1, 0.15) is 11.5 Å². The highest BCUT2D eigenvalue weighted by Crippen LogP contribution is 2.19. The molecule has 0 aliphatic heterocycles. The summed E-state index contributed by atoms with van der Waals surface area (Å²) in [6.45, 7) is 4.75. The molecular formula is C11H18N4OS. The second kappa shape index (κ2) is 5.86. The molecule has 0 aliphatic rings. The van der Waals surface area contributed by atoms with E-state index in [0.717, 1.165) is 0 Å². The maximum absolute atomic E-state index is 11.8. The summed E-state index contributed by atoms with van der Waals surface area (Å²) in [4.78, 5) is 19.9. The van der Waals surface area contributed by atoms with Crippen LogP contribution >= 0.6 is 11.8 Å². The second-order valence-corrected chi connectivity index (χ2v) is 5.70. The minimum atomic E-state index is -0.197. The molecule has 0 atom stereocenters. The van der Waals surface area contributed by atoms with Crippen LogP contribution in [0.3, 0.4) is 0 Å². The van der Waals surface area contributed by atoms with E-state index in [4.69, 9.17) is 0 Å². The van der Waals surface area contributed by atoms with Crippen LogP contribution in [-0.2, 0) is 0 Å². The topological polar surface area (TPSA) is 66.9 Å². The van der Waals surface area contributed by atoms with Crippen LogP contribution in [0.25, 0.3) is 0 Å². The average Bonchev–Trinajstić information content (AvgIpc) is 2.36. The molecule has 0 saturated carbocycles. The van der Waals surface area contributed by atoms with Crippen molar-refractivity contribution in [2.45, 2.75) is 18.6 Å². The van der Waals surface area contributed by atoms with Gasteiger partial charge < -0.3 is 10.6 Å². The molecule has 94 valence electrons. The van der Waals surface area contributed by atoms with E-state index in [-0.39, 0.29) is 10.7 Å². The number of anilines is 1. The molecule has 0 fully saturated rings. The Bertz CT molecular complexity index is 395. The summed E-state index contributed by atoms with van der Waals surface area (Å²) in [5.74, 6) is 0.388. The predicted molar refractivity (Wildman–Crippen MR) is 71.5 cm³/mol. The summed E-state index contributed by atoms with van der Waals surface area (Å²) in [6, 6.07) is 0. The van der Waals surface area contributed by atoms with Crippen LogP contribution in [0.4, 0.5) is 5.82 Å². The lowest BCUT2D eigenvalue weighted by molar-refractivity contribution is 0.0945. The fourth-order valence-electron chi connectivity index (χ4n) is 1.05. The summed E-state index contributed by atoms with van der Waals surface area (Å²) in [5.41, 5.74) is 0.328. The number of hydrogen-bond donors (Lipinski definition) is 2. The highest BCUT2D eigenvalue weighted by molar-refractivity contribution is 7.99. The number of thioether (sulfide) groups is 1. The molecule has 17 heavy (non-hydrogen) atoms. The largest absolute Gasteiger partial charge is 0.372 e. The first-order valence-electron chi connectivity index (χ1n) is 5.31. The van der Waals surface area contributed by atoms with Gasteiger partial charge in [0.25, 0.3) is 5.91 Å². The van der Waals surface area contributed by atoms with Crippen molar-refractivity contribution in [2.75, 3.05) is 25.2 Å². The molecular weight excluding hydrogens is 236 g/mol. The molecule has 0 aromatic carbocycles. The van der Waals surface area contributed by atoms with Gasteiger partial charge >= 0.3 is 0 Å². The molecule has 1 heterocycles. The Labute approximate surface area is 106 Å². The second-order valence-electron chi connectivity index (χ2n) is 4.19. The van der Waals surface area contributed by atoms with Crippen LogP contribution in [0.2, 0.25) is 0 Å². The first-order chi connectivity index (χ1) is 7.98. The highest BCUT2D eigenvalue weighted by Gasteiger charge is 2.18. The van der Waals surface area contributed by atoms with Gasteiger partial charge in [-0.25, -0.2) is 4.98 Å². The Balaban J connectivity index is 2.64. The van der Waals surface area contributed by atoms with Gasteiger partial charge in [-0.05, 0) is 20.1 Å². The van der Waals surface area contributed by atoms with E-state index in [1.54, 1.807) is 25.0 Å². The monoisotopic (exact) mass is 254 g/mol. The lowest BCUT2D eigenvalue weighted by atomic mass is 10.2. The van der Waals surface area contributed by atoms with E-state index in [1.165, 1.54) is 6.20 Å². The molecule has 6 heteroatoms. The number of carbonyl (C=O) groups excluding carboxylic acids is 1. The minimum absolute atomic E-state index is 0.0176. The fourth-order valence-corrected chi connectivity index (χ4v) is 1.27. The zero-order valence-electron chi connectivity index (χ0n) is 10.6. The van der Waals surface area contributed by atoms with E-state index < -0.39 is 0 Å². The molecule has 0 radical (unpaired) electrons. The molecule has 1 aromatic rings. The lowest BCUT2D eigenvalue weighted by Crippen LogP contribution is -2.36. The van der Waals surface area contributed by atoms with Crippen molar-refractivity contribution in [3.8, 4) is 0 Å². The summed E-state index contributed by atoms with van der Waals surface area (Å²) in [6.07, 6.45) is 5.05. The summed E-state index contributed by atoms with van der Waals surface area (Å²) in [7, 11) is 1.74. The molecule has 1 rings (SSSR count). The van der Waals surface area contributed by atoms with Gasteiger partial charge in [-0.1, -0.05) is 0 Å².